The molecule has 18 heavy (non-hydrogen) atoms. The fourth-order valence-electron chi connectivity index (χ4n) is 1.95. The van der Waals surface area contributed by atoms with Crippen LogP contribution in [-0.2, 0) is 4.79 Å². The SMILES string of the molecule is Cc1ccccc1OCC(=O)N(CCO)C1CC1. The molecule has 0 heterocycles. The molecule has 98 valence electrons. The molecule has 0 radical (unpaired) electrons. The summed E-state index contributed by atoms with van der Waals surface area (Å²) < 4.78 is 5.53. The third-order valence-corrected chi connectivity index (χ3v) is 3.09. The highest BCUT2D eigenvalue weighted by Gasteiger charge is 2.32. The number of hydrogen-bond acceptors (Lipinski definition) is 3. The molecule has 4 heteroatoms. The molecule has 0 spiro atoms. The highest BCUT2D eigenvalue weighted by molar-refractivity contribution is 5.78. The second kappa shape index (κ2) is 5.87. The van der Waals surface area contributed by atoms with Crippen LogP contribution in [0.1, 0.15) is 18.4 Å². The topological polar surface area (TPSA) is 49.8 Å². The minimum Gasteiger partial charge on any atom is -0.484 e. The lowest BCUT2D eigenvalue weighted by Crippen LogP contribution is -2.38. The predicted octanol–water partition coefficient (Wildman–Crippen LogP) is 1.36. The van der Waals surface area contributed by atoms with E-state index in [4.69, 9.17) is 9.84 Å². The fraction of sp³-hybridized carbons (Fsp3) is 0.500. The second-order valence-electron chi connectivity index (χ2n) is 4.60. The number of aliphatic hydroxyl groups excluding tert-OH is 1. The number of amides is 1. The molecule has 1 amide bonds. The molecular weight excluding hydrogens is 230 g/mol. The van der Waals surface area contributed by atoms with E-state index in [9.17, 15) is 4.79 Å². The van der Waals surface area contributed by atoms with Crippen molar-refractivity contribution in [3.8, 4) is 5.75 Å². The maximum Gasteiger partial charge on any atom is 0.260 e. The molecule has 1 saturated carbocycles. The van der Waals surface area contributed by atoms with Crippen molar-refractivity contribution < 1.29 is 14.6 Å². The average molecular weight is 249 g/mol. The summed E-state index contributed by atoms with van der Waals surface area (Å²) in [5, 5.41) is 8.96. The zero-order valence-corrected chi connectivity index (χ0v) is 10.6. The summed E-state index contributed by atoms with van der Waals surface area (Å²) in [6, 6.07) is 7.94. The maximum atomic E-state index is 12.0. The Balaban J connectivity index is 1.89. The molecule has 1 aromatic carbocycles. The van der Waals surface area contributed by atoms with Crippen molar-refractivity contribution in [3.05, 3.63) is 29.8 Å². The van der Waals surface area contributed by atoms with Gasteiger partial charge < -0.3 is 14.7 Å². The molecule has 1 N–H and O–H groups in total. The van der Waals surface area contributed by atoms with E-state index in [2.05, 4.69) is 0 Å². The van der Waals surface area contributed by atoms with Gasteiger partial charge in [0.15, 0.2) is 6.61 Å². The van der Waals surface area contributed by atoms with E-state index < -0.39 is 0 Å². The number of benzene rings is 1. The van der Waals surface area contributed by atoms with E-state index in [0.29, 0.717) is 12.6 Å². The van der Waals surface area contributed by atoms with Crippen molar-refractivity contribution in [1.29, 1.82) is 0 Å². The molecular formula is C14H19NO3. The van der Waals surface area contributed by atoms with Crippen molar-refractivity contribution in [2.24, 2.45) is 0 Å². The van der Waals surface area contributed by atoms with Crippen molar-refractivity contribution in [2.75, 3.05) is 19.8 Å². The van der Waals surface area contributed by atoms with Crippen molar-refractivity contribution in [3.63, 3.8) is 0 Å². The van der Waals surface area contributed by atoms with E-state index in [1.54, 1.807) is 4.90 Å². The van der Waals surface area contributed by atoms with E-state index >= 15 is 0 Å². The Morgan fingerprint density at radius 3 is 2.78 bits per heavy atom. The van der Waals surface area contributed by atoms with Crippen molar-refractivity contribution in [1.82, 2.24) is 4.90 Å². The molecule has 4 nitrogen and oxygen atoms in total. The molecule has 0 aromatic heterocycles. The minimum absolute atomic E-state index is 0.00655. The zero-order chi connectivity index (χ0) is 13.0. The first-order valence-electron chi connectivity index (χ1n) is 6.31. The monoisotopic (exact) mass is 249 g/mol. The minimum atomic E-state index is -0.0465. The van der Waals surface area contributed by atoms with E-state index in [1.165, 1.54) is 0 Å². The number of hydrogen-bond donors (Lipinski definition) is 1. The van der Waals surface area contributed by atoms with Gasteiger partial charge >= 0.3 is 0 Å². The Morgan fingerprint density at radius 2 is 2.17 bits per heavy atom. The first-order valence-corrected chi connectivity index (χ1v) is 6.31. The second-order valence-corrected chi connectivity index (χ2v) is 4.60. The van der Waals surface area contributed by atoms with Gasteiger partial charge in [-0.2, -0.15) is 0 Å². The third kappa shape index (κ3) is 3.23. The van der Waals surface area contributed by atoms with Crippen LogP contribution >= 0.6 is 0 Å². The van der Waals surface area contributed by atoms with Crippen LogP contribution in [0, 0.1) is 6.92 Å². The Labute approximate surface area is 107 Å². The Hall–Kier alpha value is -1.55. The first-order chi connectivity index (χ1) is 8.72. The predicted molar refractivity (Wildman–Crippen MR) is 68.5 cm³/mol. The molecule has 0 aliphatic heterocycles. The number of aryl methyl sites for hydroxylation is 1. The van der Waals surface area contributed by atoms with Gasteiger partial charge in [0.25, 0.3) is 5.91 Å². The molecule has 0 unspecified atom stereocenters. The molecule has 2 rings (SSSR count). The van der Waals surface area contributed by atoms with E-state index in [0.717, 1.165) is 24.2 Å². The van der Waals surface area contributed by atoms with Crippen LogP contribution in [0.15, 0.2) is 24.3 Å². The number of nitrogens with zero attached hydrogens (tertiary/aromatic N) is 1. The number of ether oxygens (including phenoxy) is 1. The fourth-order valence-corrected chi connectivity index (χ4v) is 1.95. The van der Waals surface area contributed by atoms with Crippen LogP contribution in [0.3, 0.4) is 0 Å². The van der Waals surface area contributed by atoms with Gasteiger partial charge in [-0.1, -0.05) is 18.2 Å². The smallest absolute Gasteiger partial charge is 0.260 e. The lowest BCUT2D eigenvalue weighted by Gasteiger charge is -2.21. The summed E-state index contributed by atoms with van der Waals surface area (Å²) in [4.78, 5) is 13.7. The normalized spacial score (nSPS) is 14.3. The summed E-state index contributed by atoms with van der Waals surface area (Å²) >= 11 is 0. The number of aliphatic hydroxyl groups is 1. The van der Waals surface area contributed by atoms with Gasteiger partial charge in [-0.15, -0.1) is 0 Å². The van der Waals surface area contributed by atoms with Gasteiger partial charge in [-0.3, -0.25) is 4.79 Å². The third-order valence-electron chi connectivity index (χ3n) is 3.09. The summed E-state index contributed by atoms with van der Waals surface area (Å²) in [6.45, 7) is 2.40. The van der Waals surface area contributed by atoms with E-state index in [-0.39, 0.29) is 19.1 Å². The van der Waals surface area contributed by atoms with Crippen LogP contribution < -0.4 is 4.74 Å². The van der Waals surface area contributed by atoms with Gasteiger partial charge in [-0.25, -0.2) is 0 Å². The Kier molecular flexibility index (Phi) is 4.20. The largest absolute Gasteiger partial charge is 0.484 e. The molecule has 0 saturated heterocycles. The van der Waals surface area contributed by atoms with Gasteiger partial charge in [0.2, 0.25) is 0 Å². The van der Waals surface area contributed by atoms with Crippen LogP contribution in [0.2, 0.25) is 0 Å². The highest BCUT2D eigenvalue weighted by atomic mass is 16.5. The first kappa shape index (κ1) is 12.9. The van der Waals surface area contributed by atoms with Crippen LogP contribution in [0.4, 0.5) is 0 Å². The van der Waals surface area contributed by atoms with Gasteiger partial charge in [0.1, 0.15) is 5.75 Å². The standard InChI is InChI=1S/C14H19NO3/c1-11-4-2-3-5-13(11)18-10-14(17)15(8-9-16)12-6-7-12/h2-5,12,16H,6-10H2,1H3. The van der Waals surface area contributed by atoms with Crippen molar-refractivity contribution >= 4 is 5.91 Å². The molecule has 0 atom stereocenters. The number of para-hydroxylation sites is 1. The number of carbonyl (C=O) groups is 1. The maximum absolute atomic E-state index is 12.0. The molecule has 1 aromatic rings. The lowest BCUT2D eigenvalue weighted by molar-refractivity contribution is -0.134. The molecule has 0 bridgehead atoms. The molecule has 1 fully saturated rings. The molecule has 1 aliphatic rings. The molecule has 1 aliphatic carbocycles. The average Bonchev–Trinajstić information content (AvgIpc) is 3.19. The van der Waals surface area contributed by atoms with Gasteiger partial charge in [0.05, 0.1) is 6.61 Å². The number of rotatable bonds is 6. The van der Waals surface area contributed by atoms with Crippen LogP contribution in [0.25, 0.3) is 0 Å². The lowest BCUT2D eigenvalue weighted by atomic mass is 10.2. The van der Waals surface area contributed by atoms with Crippen LogP contribution in [-0.4, -0.2) is 41.7 Å². The summed E-state index contributed by atoms with van der Waals surface area (Å²) in [6.07, 6.45) is 2.08. The van der Waals surface area contributed by atoms with E-state index in [1.807, 2.05) is 31.2 Å². The quantitative estimate of drug-likeness (QED) is 0.828. The summed E-state index contributed by atoms with van der Waals surface area (Å²) in [7, 11) is 0. The van der Waals surface area contributed by atoms with Gasteiger partial charge in [0, 0.05) is 12.6 Å². The highest BCUT2D eigenvalue weighted by Crippen LogP contribution is 2.26. The Morgan fingerprint density at radius 1 is 1.44 bits per heavy atom. The van der Waals surface area contributed by atoms with Crippen molar-refractivity contribution in [2.45, 2.75) is 25.8 Å². The zero-order valence-electron chi connectivity index (χ0n) is 10.6. The summed E-state index contributed by atoms with van der Waals surface area (Å²) in [5.41, 5.74) is 1.02. The summed E-state index contributed by atoms with van der Waals surface area (Å²) in [5.74, 6) is 0.695. The Bertz CT molecular complexity index is 415. The van der Waals surface area contributed by atoms with Crippen LogP contribution in [0.5, 0.6) is 5.75 Å². The van der Waals surface area contributed by atoms with Gasteiger partial charge in [-0.05, 0) is 31.4 Å². The number of carbonyl (C=O) groups excluding carboxylic acids is 1.